The first-order chi connectivity index (χ1) is 13.8. The van der Waals surface area contributed by atoms with Gasteiger partial charge in [0.05, 0.1) is 18.5 Å². The van der Waals surface area contributed by atoms with Crippen LogP contribution in [0.3, 0.4) is 0 Å². The number of aromatic nitrogens is 3. The lowest BCUT2D eigenvalue weighted by Crippen LogP contribution is -2.25. The van der Waals surface area contributed by atoms with E-state index in [1.807, 2.05) is 16.8 Å². The molecule has 0 radical (unpaired) electrons. The zero-order valence-corrected chi connectivity index (χ0v) is 15.9. The SMILES string of the molecule is c1ccc2c(c1)CC1=C2CC(Nc2cc(C3CCOC3)nc3ccnn23)CC1. The zero-order valence-electron chi connectivity index (χ0n) is 15.9. The third-order valence-corrected chi connectivity index (χ3v) is 6.50. The lowest BCUT2D eigenvalue weighted by molar-refractivity contribution is 0.193. The van der Waals surface area contributed by atoms with Crippen LogP contribution in [0.1, 0.15) is 48.4 Å². The molecule has 142 valence electrons. The summed E-state index contributed by atoms with van der Waals surface area (Å²) in [5, 5.41) is 8.31. The summed E-state index contributed by atoms with van der Waals surface area (Å²) in [4.78, 5) is 4.83. The van der Waals surface area contributed by atoms with Gasteiger partial charge in [-0.1, -0.05) is 29.8 Å². The Balaban J connectivity index is 1.30. The van der Waals surface area contributed by atoms with Crippen molar-refractivity contribution >= 4 is 17.0 Å². The van der Waals surface area contributed by atoms with Gasteiger partial charge in [0.2, 0.25) is 0 Å². The van der Waals surface area contributed by atoms with Gasteiger partial charge in [-0.2, -0.15) is 9.61 Å². The monoisotopic (exact) mass is 372 g/mol. The van der Waals surface area contributed by atoms with E-state index in [0.717, 1.165) is 49.6 Å². The van der Waals surface area contributed by atoms with Crippen molar-refractivity contribution < 1.29 is 4.74 Å². The van der Waals surface area contributed by atoms with Gasteiger partial charge in [0.15, 0.2) is 5.65 Å². The molecule has 2 aromatic heterocycles. The van der Waals surface area contributed by atoms with Crippen LogP contribution in [-0.4, -0.2) is 33.9 Å². The smallest absolute Gasteiger partial charge is 0.157 e. The first-order valence-corrected chi connectivity index (χ1v) is 10.3. The second-order valence-electron chi connectivity index (χ2n) is 8.23. The summed E-state index contributed by atoms with van der Waals surface area (Å²) in [6.07, 6.45) is 7.45. The highest BCUT2D eigenvalue weighted by molar-refractivity contribution is 5.77. The molecule has 6 rings (SSSR count). The van der Waals surface area contributed by atoms with Crippen LogP contribution in [0.5, 0.6) is 0 Å². The van der Waals surface area contributed by atoms with Gasteiger partial charge < -0.3 is 10.1 Å². The third-order valence-electron chi connectivity index (χ3n) is 6.50. The topological polar surface area (TPSA) is 51.5 Å². The van der Waals surface area contributed by atoms with Gasteiger partial charge in [0, 0.05) is 30.7 Å². The molecule has 5 nitrogen and oxygen atoms in total. The number of fused-ring (bicyclic) bond motifs is 3. The second-order valence-corrected chi connectivity index (χ2v) is 8.23. The Morgan fingerprint density at radius 3 is 3.04 bits per heavy atom. The molecule has 1 saturated heterocycles. The minimum Gasteiger partial charge on any atom is -0.381 e. The number of anilines is 1. The maximum atomic E-state index is 5.59. The van der Waals surface area contributed by atoms with Crippen molar-refractivity contribution in [3.63, 3.8) is 0 Å². The molecule has 3 aliphatic rings. The minimum absolute atomic E-state index is 0.392. The highest BCUT2D eigenvalue weighted by Crippen LogP contribution is 2.42. The van der Waals surface area contributed by atoms with Crippen LogP contribution < -0.4 is 5.32 Å². The molecule has 2 atom stereocenters. The van der Waals surface area contributed by atoms with E-state index in [1.54, 1.807) is 11.1 Å². The van der Waals surface area contributed by atoms with E-state index >= 15 is 0 Å². The summed E-state index contributed by atoms with van der Waals surface area (Å²) in [7, 11) is 0. The molecule has 3 aromatic rings. The first kappa shape index (κ1) is 16.3. The van der Waals surface area contributed by atoms with E-state index in [4.69, 9.17) is 9.72 Å². The summed E-state index contributed by atoms with van der Waals surface area (Å²) in [6.45, 7) is 1.60. The number of hydrogen-bond acceptors (Lipinski definition) is 4. The molecule has 2 aliphatic carbocycles. The van der Waals surface area contributed by atoms with Crippen LogP contribution in [0, 0.1) is 0 Å². The van der Waals surface area contributed by atoms with Gasteiger partial charge in [-0.3, -0.25) is 0 Å². The summed E-state index contributed by atoms with van der Waals surface area (Å²) >= 11 is 0. The number of ether oxygens (including phenoxy) is 1. The van der Waals surface area contributed by atoms with Gasteiger partial charge in [0.1, 0.15) is 5.82 Å². The minimum atomic E-state index is 0.392. The van der Waals surface area contributed by atoms with Gasteiger partial charge in [-0.25, -0.2) is 4.98 Å². The van der Waals surface area contributed by atoms with E-state index in [-0.39, 0.29) is 0 Å². The van der Waals surface area contributed by atoms with Crippen molar-refractivity contribution in [3.8, 4) is 0 Å². The summed E-state index contributed by atoms with van der Waals surface area (Å²) < 4.78 is 7.52. The zero-order chi connectivity index (χ0) is 18.5. The summed E-state index contributed by atoms with van der Waals surface area (Å²) in [5.41, 5.74) is 8.20. The Morgan fingerprint density at radius 2 is 2.11 bits per heavy atom. The van der Waals surface area contributed by atoms with Gasteiger partial charge in [0.25, 0.3) is 0 Å². The molecule has 1 aliphatic heterocycles. The van der Waals surface area contributed by atoms with Gasteiger partial charge in [-0.15, -0.1) is 0 Å². The predicted octanol–water partition coefficient (Wildman–Crippen LogP) is 4.21. The maximum Gasteiger partial charge on any atom is 0.157 e. The molecule has 0 bridgehead atoms. The van der Waals surface area contributed by atoms with Crippen molar-refractivity contribution in [1.29, 1.82) is 0 Å². The number of hydrogen-bond donors (Lipinski definition) is 1. The molecular formula is C23H24N4O. The fraction of sp³-hybridized carbons (Fsp3) is 0.391. The van der Waals surface area contributed by atoms with Crippen molar-refractivity contribution in [2.75, 3.05) is 18.5 Å². The molecule has 28 heavy (non-hydrogen) atoms. The summed E-state index contributed by atoms with van der Waals surface area (Å²) in [5.74, 6) is 1.44. The van der Waals surface area contributed by atoms with Crippen molar-refractivity contribution in [3.05, 3.63) is 65.0 Å². The number of rotatable bonds is 3. The van der Waals surface area contributed by atoms with Crippen LogP contribution in [0.2, 0.25) is 0 Å². The van der Waals surface area contributed by atoms with E-state index in [0.29, 0.717) is 12.0 Å². The van der Waals surface area contributed by atoms with E-state index in [1.165, 1.54) is 24.0 Å². The maximum absolute atomic E-state index is 5.59. The van der Waals surface area contributed by atoms with Crippen LogP contribution in [-0.2, 0) is 11.2 Å². The largest absolute Gasteiger partial charge is 0.381 e. The summed E-state index contributed by atoms with van der Waals surface area (Å²) in [6, 6.07) is 13.5. The molecule has 3 heterocycles. The lowest BCUT2D eigenvalue weighted by atomic mass is 9.88. The Kier molecular flexibility index (Phi) is 3.76. The fourth-order valence-corrected chi connectivity index (χ4v) is 5.03. The van der Waals surface area contributed by atoms with Crippen molar-refractivity contribution in [2.24, 2.45) is 0 Å². The van der Waals surface area contributed by atoms with E-state index in [9.17, 15) is 0 Å². The average Bonchev–Trinajstić information content (AvgIpc) is 3.47. The molecule has 1 aromatic carbocycles. The van der Waals surface area contributed by atoms with Crippen LogP contribution in [0.4, 0.5) is 5.82 Å². The van der Waals surface area contributed by atoms with E-state index in [2.05, 4.69) is 40.7 Å². The molecular weight excluding hydrogens is 348 g/mol. The Bertz CT molecular complexity index is 1080. The standard InChI is InChI=1S/C23H24N4O/c1-2-4-19-15(3-1)11-16-5-6-18(12-20(16)19)25-23-13-21(17-8-10-28-14-17)26-22-7-9-24-27(22)23/h1-4,7,9,13,17-18,25H,5-6,8,10-12,14H2. The van der Waals surface area contributed by atoms with Crippen molar-refractivity contribution in [2.45, 2.75) is 44.1 Å². The highest BCUT2D eigenvalue weighted by Gasteiger charge is 2.28. The molecule has 0 amide bonds. The predicted molar refractivity (Wildman–Crippen MR) is 109 cm³/mol. The Hall–Kier alpha value is -2.66. The first-order valence-electron chi connectivity index (χ1n) is 10.3. The molecule has 0 saturated carbocycles. The Morgan fingerprint density at radius 1 is 1.14 bits per heavy atom. The number of allylic oxidation sites excluding steroid dienone is 1. The van der Waals surface area contributed by atoms with Crippen LogP contribution in [0.25, 0.3) is 11.2 Å². The van der Waals surface area contributed by atoms with Crippen LogP contribution >= 0.6 is 0 Å². The second kappa shape index (κ2) is 6.45. The molecule has 2 unspecified atom stereocenters. The quantitative estimate of drug-likeness (QED) is 0.748. The van der Waals surface area contributed by atoms with Gasteiger partial charge >= 0.3 is 0 Å². The lowest BCUT2D eigenvalue weighted by Gasteiger charge is -2.26. The number of nitrogens with one attached hydrogen (secondary N) is 1. The number of benzene rings is 1. The fourth-order valence-electron chi connectivity index (χ4n) is 5.03. The highest BCUT2D eigenvalue weighted by atomic mass is 16.5. The molecule has 1 N–H and O–H groups in total. The van der Waals surface area contributed by atoms with Gasteiger partial charge in [-0.05, 0) is 48.8 Å². The van der Waals surface area contributed by atoms with Crippen molar-refractivity contribution in [1.82, 2.24) is 14.6 Å². The third kappa shape index (κ3) is 2.65. The Labute approximate surface area is 164 Å². The normalized spacial score (nSPS) is 23.9. The van der Waals surface area contributed by atoms with Crippen LogP contribution in [0.15, 0.2) is 48.2 Å². The molecule has 0 spiro atoms. The van der Waals surface area contributed by atoms with E-state index < -0.39 is 0 Å². The number of nitrogens with zero attached hydrogens (tertiary/aromatic N) is 3. The average molecular weight is 372 g/mol. The molecule has 5 heteroatoms. The molecule has 1 fully saturated rings.